The Morgan fingerprint density at radius 3 is 2.13 bits per heavy atom. The lowest BCUT2D eigenvalue weighted by Crippen LogP contribution is -2.09. The first-order valence-electron chi connectivity index (χ1n) is 4.43. The Kier molecular flexibility index (Phi) is 4.20. The Labute approximate surface area is 88.5 Å². The van der Waals surface area contributed by atoms with Crippen LogP contribution in [0.25, 0.3) is 0 Å². The fourth-order valence-corrected chi connectivity index (χ4v) is 1.41. The van der Waals surface area contributed by atoms with Crippen LogP contribution in [0.3, 0.4) is 0 Å². The molecule has 1 rings (SSSR count). The second-order valence-electron chi connectivity index (χ2n) is 2.82. The van der Waals surface area contributed by atoms with Crippen molar-refractivity contribution >= 4 is 0 Å². The average molecular weight is 213 g/mol. The summed E-state index contributed by atoms with van der Waals surface area (Å²) in [4.78, 5) is 0. The van der Waals surface area contributed by atoms with Gasteiger partial charge < -0.3 is 19.4 Å². The highest BCUT2D eigenvalue weighted by molar-refractivity contribution is 5.53. The molecular weight excluding hydrogens is 198 g/mol. The van der Waals surface area contributed by atoms with E-state index in [1.165, 1.54) is 7.11 Å². The number of nitrogens with one attached hydrogen (secondary N) is 1. The largest absolute Gasteiger partial charge is 0.496 e. The van der Waals surface area contributed by atoms with Gasteiger partial charge in [0.2, 0.25) is 0 Å². The summed E-state index contributed by atoms with van der Waals surface area (Å²) in [6, 6.07) is 3.51. The lowest BCUT2D eigenvalue weighted by atomic mass is 10.1. The molecule has 0 unspecified atom stereocenters. The summed E-state index contributed by atoms with van der Waals surface area (Å²) < 4.78 is 15.5. The third-order valence-corrected chi connectivity index (χ3v) is 2.08. The van der Waals surface area contributed by atoms with E-state index in [2.05, 4.69) is 5.48 Å². The fourth-order valence-electron chi connectivity index (χ4n) is 1.41. The summed E-state index contributed by atoms with van der Waals surface area (Å²) in [5, 5.41) is 8.72. The Balaban J connectivity index is 3.24. The molecule has 0 aliphatic rings. The molecule has 2 N–H and O–H groups in total. The molecule has 0 bridgehead atoms. The van der Waals surface area contributed by atoms with Crippen molar-refractivity contribution in [2.45, 2.75) is 6.54 Å². The summed E-state index contributed by atoms with van der Waals surface area (Å²) >= 11 is 0. The van der Waals surface area contributed by atoms with E-state index in [0.29, 0.717) is 22.8 Å². The number of hydrogen-bond acceptors (Lipinski definition) is 5. The molecule has 5 nitrogen and oxygen atoms in total. The number of ether oxygens (including phenoxy) is 3. The highest BCUT2D eigenvalue weighted by Crippen LogP contribution is 2.36. The Hall–Kier alpha value is -1.46. The predicted molar refractivity (Wildman–Crippen MR) is 54.7 cm³/mol. The van der Waals surface area contributed by atoms with Crippen LogP contribution in [0.5, 0.6) is 17.2 Å². The molecule has 0 aliphatic carbocycles. The summed E-state index contributed by atoms with van der Waals surface area (Å²) in [5.74, 6) is 1.79. The fraction of sp³-hybridized carbons (Fsp3) is 0.400. The highest BCUT2D eigenvalue weighted by atomic mass is 16.5. The molecule has 84 valence electrons. The molecular formula is C10H15NO4. The molecule has 15 heavy (non-hydrogen) atoms. The van der Waals surface area contributed by atoms with Gasteiger partial charge in [0.05, 0.1) is 33.4 Å². The van der Waals surface area contributed by atoms with Crippen molar-refractivity contribution in [2.24, 2.45) is 0 Å². The normalized spacial score (nSPS) is 9.87. The van der Waals surface area contributed by atoms with Crippen LogP contribution in [-0.4, -0.2) is 26.5 Å². The smallest absolute Gasteiger partial charge is 0.168 e. The third kappa shape index (κ3) is 2.31. The van der Waals surface area contributed by atoms with Crippen LogP contribution >= 0.6 is 0 Å². The molecule has 1 aromatic rings. The first kappa shape index (κ1) is 11.6. The molecule has 0 spiro atoms. The van der Waals surface area contributed by atoms with Crippen molar-refractivity contribution in [3.63, 3.8) is 0 Å². The second-order valence-corrected chi connectivity index (χ2v) is 2.82. The molecule has 0 atom stereocenters. The number of hydrogen-bond donors (Lipinski definition) is 2. The zero-order chi connectivity index (χ0) is 11.3. The molecule has 1 aromatic carbocycles. The summed E-state index contributed by atoms with van der Waals surface area (Å²) in [6.45, 7) is 0.226. The molecule has 0 radical (unpaired) electrons. The maximum Gasteiger partial charge on any atom is 0.168 e. The standard InChI is InChI=1S/C10H15NO4/c1-13-8-4-5-9(14-2)10(15-3)7(8)6-11-12/h4-5,11-12H,6H2,1-3H3. The van der Waals surface area contributed by atoms with Crippen molar-refractivity contribution in [1.82, 2.24) is 5.48 Å². The van der Waals surface area contributed by atoms with Crippen molar-refractivity contribution < 1.29 is 19.4 Å². The lowest BCUT2D eigenvalue weighted by molar-refractivity contribution is 0.158. The quantitative estimate of drug-likeness (QED) is 0.719. The Morgan fingerprint density at radius 2 is 1.67 bits per heavy atom. The monoisotopic (exact) mass is 213 g/mol. The first-order valence-corrected chi connectivity index (χ1v) is 4.43. The minimum Gasteiger partial charge on any atom is -0.496 e. The molecule has 0 fully saturated rings. The minimum absolute atomic E-state index is 0.226. The maximum absolute atomic E-state index is 8.72. The van der Waals surface area contributed by atoms with Gasteiger partial charge in [-0.3, -0.25) is 0 Å². The van der Waals surface area contributed by atoms with Gasteiger partial charge in [-0.05, 0) is 12.1 Å². The highest BCUT2D eigenvalue weighted by Gasteiger charge is 2.14. The predicted octanol–water partition coefficient (Wildman–Crippen LogP) is 1.19. The van der Waals surface area contributed by atoms with Crippen LogP contribution in [-0.2, 0) is 6.54 Å². The van der Waals surface area contributed by atoms with Crippen LogP contribution in [0.1, 0.15) is 5.56 Å². The maximum atomic E-state index is 8.72. The van der Waals surface area contributed by atoms with Crippen molar-refractivity contribution in [3.8, 4) is 17.2 Å². The average Bonchev–Trinajstić information content (AvgIpc) is 2.28. The lowest BCUT2D eigenvalue weighted by Gasteiger charge is -2.15. The van der Waals surface area contributed by atoms with Gasteiger partial charge in [0.15, 0.2) is 11.5 Å². The third-order valence-electron chi connectivity index (χ3n) is 2.08. The first-order chi connectivity index (χ1) is 7.28. The van der Waals surface area contributed by atoms with E-state index in [0.717, 1.165) is 0 Å². The topological polar surface area (TPSA) is 60.0 Å². The van der Waals surface area contributed by atoms with E-state index in [1.54, 1.807) is 26.4 Å². The molecule has 0 aliphatic heterocycles. The van der Waals surface area contributed by atoms with Crippen LogP contribution in [0, 0.1) is 0 Å². The van der Waals surface area contributed by atoms with Gasteiger partial charge in [-0.2, -0.15) is 0 Å². The molecule has 0 saturated heterocycles. The minimum atomic E-state index is 0.226. The van der Waals surface area contributed by atoms with Gasteiger partial charge in [-0.1, -0.05) is 0 Å². The van der Waals surface area contributed by atoms with Gasteiger partial charge >= 0.3 is 0 Å². The van der Waals surface area contributed by atoms with Crippen LogP contribution in [0.2, 0.25) is 0 Å². The van der Waals surface area contributed by atoms with Crippen LogP contribution < -0.4 is 19.7 Å². The zero-order valence-corrected chi connectivity index (χ0v) is 9.03. The zero-order valence-electron chi connectivity index (χ0n) is 9.03. The van der Waals surface area contributed by atoms with Crippen molar-refractivity contribution in [3.05, 3.63) is 17.7 Å². The van der Waals surface area contributed by atoms with Crippen molar-refractivity contribution in [2.75, 3.05) is 21.3 Å². The molecule has 0 amide bonds. The van der Waals surface area contributed by atoms with Gasteiger partial charge in [0, 0.05) is 0 Å². The van der Waals surface area contributed by atoms with E-state index in [9.17, 15) is 0 Å². The van der Waals surface area contributed by atoms with Crippen LogP contribution in [0.15, 0.2) is 12.1 Å². The second kappa shape index (κ2) is 5.43. The molecule has 0 heterocycles. The molecule has 5 heteroatoms. The Bertz CT molecular complexity index is 327. The molecule has 0 aromatic heterocycles. The summed E-state index contributed by atoms with van der Waals surface area (Å²) in [5.41, 5.74) is 2.78. The van der Waals surface area contributed by atoms with Gasteiger partial charge in [0.25, 0.3) is 0 Å². The number of rotatable bonds is 5. The van der Waals surface area contributed by atoms with Crippen LogP contribution in [0.4, 0.5) is 0 Å². The summed E-state index contributed by atoms with van der Waals surface area (Å²) in [6.07, 6.45) is 0. The number of hydroxylamine groups is 1. The van der Waals surface area contributed by atoms with E-state index in [1.807, 2.05) is 0 Å². The van der Waals surface area contributed by atoms with Gasteiger partial charge in [0.1, 0.15) is 5.75 Å². The van der Waals surface area contributed by atoms with E-state index in [4.69, 9.17) is 19.4 Å². The number of methoxy groups -OCH3 is 3. The van der Waals surface area contributed by atoms with E-state index < -0.39 is 0 Å². The Morgan fingerprint density at radius 1 is 1.07 bits per heavy atom. The summed E-state index contributed by atoms with van der Waals surface area (Å²) in [7, 11) is 4.65. The van der Waals surface area contributed by atoms with Crippen molar-refractivity contribution in [1.29, 1.82) is 0 Å². The van der Waals surface area contributed by atoms with E-state index in [-0.39, 0.29) is 6.54 Å². The van der Waals surface area contributed by atoms with Gasteiger partial charge in [-0.15, -0.1) is 0 Å². The van der Waals surface area contributed by atoms with E-state index >= 15 is 0 Å². The molecule has 0 saturated carbocycles. The number of benzene rings is 1. The van der Waals surface area contributed by atoms with Gasteiger partial charge in [-0.25, -0.2) is 5.48 Å². The SMILES string of the molecule is COc1ccc(OC)c(OC)c1CNO.